The van der Waals surface area contributed by atoms with E-state index in [0.29, 0.717) is 5.92 Å². The Bertz CT molecular complexity index is 350. The molecule has 1 aromatic carbocycles. The zero-order chi connectivity index (χ0) is 13.5. The van der Waals surface area contributed by atoms with Gasteiger partial charge in [-0.1, -0.05) is 49.0 Å². The molecule has 1 nitrogen and oxygen atoms in total. The molecule has 0 aliphatic carbocycles. The first-order chi connectivity index (χ1) is 8.58. The van der Waals surface area contributed by atoms with E-state index in [4.69, 9.17) is 4.74 Å². The molecule has 0 aromatic heterocycles. The van der Waals surface area contributed by atoms with Gasteiger partial charge in [-0.2, -0.15) is 0 Å². The van der Waals surface area contributed by atoms with Crippen molar-refractivity contribution >= 4 is 15.9 Å². The van der Waals surface area contributed by atoms with Crippen LogP contribution in [0.1, 0.15) is 50.7 Å². The van der Waals surface area contributed by atoms with Crippen LogP contribution < -0.4 is 4.74 Å². The van der Waals surface area contributed by atoms with E-state index >= 15 is 0 Å². The Balaban J connectivity index is 2.57. The van der Waals surface area contributed by atoms with E-state index < -0.39 is 0 Å². The number of unbranched alkanes of at least 4 members (excludes halogenated alkanes) is 1. The summed E-state index contributed by atoms with van der Waals surface area (Å²) in [4.78, 5) is 0. The smallest absolute Gasteiger partial charge is 0.119 e. The summed E-state index contributed by atoms with van der Waals surface area (Å²) in [6.07, 6.45) is 5.06. The van der Waals surface area contributed by atoms with Crippen LogP contribution >= 0.6 is 15.9 Å². The van der Waals surface area contributed by atoms with Gasteiger partial charge < -0.3 is 4.74 Å². The molecule has 0 spiro atoms. The summed E-state index contributed by atoms with van der Waals surface area (Å²) in [6.45, 7) is 9.56. The molecule has 1 rings (SSSR count). The molecule has 102 valence electrons. The molecule has 0 fully saturated rings. The molecule has 1 atom stereocenters. The summed E-state index contributed by atoms with van der Waals surface area (Å²) in [5, 5.41) is 0. The average molecular weight is 313 g/mol. The Hall–Kier alpha value is -0.500. The van der Waals surface area contributed by atoms with E-state index in [1.54, 1.807) is 0 Å². The van der Waals surface area contributed by atoms with E-state index in [1.807, 2.05) is 0 Å². The van der Waals surface area contributed by atoms with Crippen molar-refractivity contribution in [1.29, 1.82) is 0 Å². The topological polar surface area (TPSA) is 9.23 Å². The quantitative estimate of drug-likeness (QED) is 0.631. The fourth-order valence-corrected chi connectivity index (χ4v) is 2.33. The normalized spacial score (nSPS) is 12.5. The number of aryl methyl sites for hydroxylation is 2. The SMILES string of the molecule is CCCCC(CC)COc1cc(C)c(Br)c(C)c1. The first-order valence-corrected chi connectivity index (χ1v) is 7.77. The average Bonchev–Trinajstić information content (AvgIpc) is 2.36. The highest BCUT2D eigenvalue weighted by molar-refractivity contribution is 9.10. The minimum absolute atomic E-state index is 0.689. The van der Waals surface area contributed by atoms with Gasteiger partial charge in [0.1, 0.15) is 5.75 Å². The Labute approximate surface area is 120 Å². The molecular weight excluding hydrogens is 288 g/mol. The van der Waals surface area contributed by atoms with Gasteiger partial charge >= 0.3 is 0 Å². The van der Waals surface area contributed by atoms with Crippen LogP contribution in [0.25, 0.3) is 0 Å². The van der Waals surface area contributed by atoms with Gasteiger partial charge in [0.2, 0.25) is 0 Å². The maximum Gasteiger partial charge on any atom is 0.119 e. The lowest BCUT2D eigenvalue weighted by Crippen LogP contribution is -2.11. The Morgan fingerprint density at radius 1 is 1.17 bits per heavy atom. The van der Waals surface area contributed by atoms with Crippen molar-refractivity contribution in [2.75, 3.05) is 6.61 Å². The number of hydrogen-bond acceptors (Lipinski definition) is 1. The summed E-state index contributed by atoms with van der Waals surface area (Å²) in [6, 6.07) is 4.23. The van der Waals surface area contributed by atoms with E-state index in [1.165, 1.54) is 41.3 Å². The first-order valence-electron chi connectivity index (χ1n) is 6.98. The van der Waals surface area contributed by atoms with E-state index in [0.717, 1.165) is 12.4 Å². The van der Waals surface area contributed by atoms with Crippen LogP contribution in [0.3, 0.4) is 0 Å². The van der Waals surface area contributed by atoms with Gasteiger partial charge in [-0.05, 0) is 49.4 Å². The minimum Gasteiger partial charge on any atom is -0.493 e. The van der Waals surface area contributed by atoms with Gasteiger partial charge in [0.05, 0.1) is 6.61 Å². The third kappa shape index (κ3) is 4.64. The van der Waals surface area contributed by atoms with Crippen LogP contribution in [0.5, 0.6) is 5.75 Å². The summed E-state index contributed by atoms with van der Waals surface area (Å²) in [7, 11) is 0. The van der Waals surface area contributed by atoms with Crippen LogP contribution in [-0.2, 0) is 0 Å². The highest BCUT2D eigenvalue weighted by atomic mass is 79.9. The summed E-state index contributed by atoms with van der Waals surface area (Å²) in [5.41, 5.74) is 2.48. The van der Waals surface area contributed by atoms with Crippen molar-refractivity contribution < 1.29 is 4.74 Å². The second kappa shape index (κ2) is 7.83. The number of rotatable bonds is 7. The lowest BCUT2D eigenvalue weighted by atomic mass is 10.0. The van der Waals surface area contributed by atoms with Gasteiger partial charge in [0, 0.05) is 4.47 Å². The minimum atomic E-state index is 0.689. The lowest BCUT2D eigenvalue weighted by Gasteiger charge is -2.16. The number of halogens is 1. The van der Waals surface area contributed by atoms with Gasteiger partial charge in [-0.3, -0.25) is 0 Å². The molecule has 1 unspecified atom stereocenters. The van der Waals surface area contributed by atoms with Gasteiger partial charge in [0.25, 0.3) is 0 Å². The predicted molar refractivity (Wildman–Crippen MR) is 82.4 cm³/mol. The molecule has 0 aliphatic heterocycles. The van der Waals surface area contributed by atoms with Crippen molar-refractivity contribution in [2.24, 2.45) is 5.92 Å². The maximum absolute atomic E-state index is 5.95. The monoisotopic (exact) mass is 312 g/mol. The lowest BCUT2D eigenvalue weighted by molar-refractivity contribution is 0.233. The van der Waals surface area contributed by atoms with Gasteiger partial charge in [0.15, 0.2) is 0 Å². The summed E-state index contributed by atoms with van der Waals surface area (Å²) in [5.74, 6) is 1.69. The maximum atomic E-state index is 5.95. The van der Waals surface area contributed by atoms with Crippen molar-refractivity contribution in [2.45, 2.75) is 53.4 Å². The van der Waals surface area contributed by atoms with Crippen LogP contribution in [0.2, 0.25) is 0 Å². The van der Waals surface area contributed by atoms with Crippen LogP contribution in [0.15, 0.2) is 16.6 Å². The predicted octanol–water partition coefficient (Wildman–Crippen LogP) is 5.66. The number of hydrogen-bond donors (Lipinski definition) is 0. The molecule has 2 heteroatoms. The van der Waals surface area contributed by atoms with Crippen LogP contribution in [-0.4, -0.2) is 6.61 Å². The standard InChI is InChI=1S/C16H25BrO/c1-5-7-8-14(6-2)11-18-15-9-12(3)16(17)13(4)10-15/h9-10,14H,5-8,11H2,1-4H3. The summed E-state index contributed by atoms with van der Waals surface area (Å²) >= 11 is 3.59. The highest BCUT2D eigenvalue weighted by Crippen LogP contribution is 2.27. The molecular formula is C16H25BrO. The van der Waals surface area contributed by atoms with E-state index in [-0.39, 0.29) is 0 Å². The molecule has 0 heterocycles. The van der Waals surface area contributed by atoms with E-state index in [2.05, 4.69) is 55.8 Å². The molecule has 18 heavy (non-hydrogen) atoms. The molecule has 1 aromatic rings. The molecule has 0 saturated carbocycles. The van der Waals surface area contributed by atoms with Crippen LogP contribution in [0, 0.1) is 19.8 Å². The van der Waals surface area contributed by atoms with Crippen molar-refractivity contribution in [3.63, 3.8) is 0 Å². The molecule has 0 radical (unpaired) electrons. The van der Waals surface area contributed by atoms with Crippen molar-refractivity contribution in [3.8, 4) is 5.75 Å². The Morgan fingerprint density at radius 3 is 2.28 bits per heavy atom. The fourth-order valence-electron chi connectivity index (χ4n) is 2.10. The van der Waals surface area contributed by atoms with Gasteiger partial charge in [-0.25, -0.2) is 0 Å². The highest BCUT2D eigenvalue weighted by Gasteiger charge is 2.08. The van der Waals surface area contributed by atoms with Gasteiger partial charge in [-0.15, -0.1) is 0 Å². The number of benzene rings is 1. The molecule has 0 amide bonds. The molecule has 0 saturated heterocycles. The Morgan fingerprint density at radius 2 is 1.78 bits per heavy atom. The van der Waals surface area contributed by atoms with Crippen molar-refractivity contribution in [1.82, 2.24) is 0 Å². The zero-order valence-electron chi connectivity index (χ0n) is 12.1. The molecule has 0 aliphatic rings. The molecule has 0 N–H and O–H groups in total. The Kier molecular flexibility index (Phi) is 6.77. The molecule has 0 bridgehead atoms. The van der Waals surface area contributed by atoms with Crippen LogP contribution in [0.4, 0.5) is 0 Å². The second-order valence-corrected chi connectivity index (χ2v) is 5.89. The second-order valence-electron chi connectivity index (χ2n) is 5.10. The first kappa shape index (κ1) is 15.6. The van der Waals surface area contributed by atoms with E-state index in [9.17, 15) is 0 Å². The largest absolute Gasteiger partial charge is 0.493 e. The van der Waals surface area contributed by atoms with Crippen molar-refractivity contribution in [3.05, 3.63) is 27.7 Å². The summed E-state index contributed by atoms with van der Waals surface area (Å²) < 4.78 is 7.14. The fraction of sp³-hybridized carbons (Fsp3) is 0.625. The number of ether oxygens (including phenoxy) is 1. The zero-order valence-corrected chi connectivity index (χ0v) is 13.6. The third-order valence-electron chi connectivity index (χ3n) is 3.44. The third-order valence-corrected chi connectivity index (χ3v) is 4.69.